The summed E-state index contributed by atoms with van der Waals surface area (Å²) in [7, 11) is -3.28. The maximum absolute atomic E-state index is 11.9. The number of allylic oxidation sites excluding steroid dienone is 2. The van der Waals surface area contributed by atoms with Crippen molar-refractivity contribution in [1.29, 1.82) is 0 Å². The molecule has 0 aliphatic carbocycles. The molecule has 0 bridgehead atoms. The zero-order chi connectivity index (χ0) is 10.3. The molecular formula is C11H10O2S. The monoisotopic (exact) mass is 206 g/mol. The molecule has 1 aliphatic rings. The van der Waals surface area contributed by atoms with Gasteiger partial charge in [-0.05, 0) is 24.1 Å². The van der Waals surface area contributed by atoms with Crippen molar-refractivity contribution in [2.75, 3.05) is 0 Å². The van der Waals surface area contributed by atoms with Crippen LogP contribution in [0.3, 0.4) is 0 Å². The Bertz CT molecular complexity index is 536. The Labute approximate surface area is 83.5 Å². The molecule has 2 rings (SSSR count). The van der Waals surface area contributed by atoms with Gasteiger partial charge < -0.3 is 0 Å². The fraction of sp³-hybridized carbons (Fsp3) is 0.0909. The van der Waals surface area contributed by atoms with Crippen molar-refractivity contribution in [3.8, 4) is 0 Å². The van der Waals surface area contributed by atoms with Crippen LogP contribution in [-0.4, -0.2) is 8.42 Å². The number of hydrogen-bond acceptors (Lipinski definition) is 2. The van der Waals surface area contributed by atoms with E-state index >= 15 is 0 Å². The summed E-state index contributed by atoms with van der Waals surface area (Å²) in [6.07, 6.45) is 1.41. The van der Waals surface area contributed by atoms with E-state index in [1.807, 2.05) is 12.1 Å². The molecule has 1 aromatic rings. The first-order valence-electron chi connectivity index (χ1n) is 4.27. The lowest BCUT2D eigenvalue weighted by molar-refractivity contribution is 0.604. The van der Waals surface area contributed by atoms with E-state index in [4.69, 9.17) is 0 Å². The molecule has 1 aliphatic heterocycles. The van der Waals surface area contributed by atoms with Crippen LogP contribution in [-0.2, 0) is 9.84 Å². The maximum atomic E-state index is 11.9. The molecule has 72 valence electrons. The second-order valence-electron chi connectivity index (χ2n) is 3.19. The van der Waals surface area contributed by atoms with Crippen molar-refractivity contribution in [3.05, 3.63) is 47.4 Å². The van der Waals surface area contributed by atoms with Gasteiger partial charge in [-0.2, -0.15) is 0 Å². The van der Waals surface area contributed by atoms with Crippen molar-refractivity contribution in [1.82, 2.24) is 0 Å². The van der Waals surface area contributed by atoms with Crippen molar-refractivity contribution < 1.29 is 8.42 Å². The average molecular weight is 206 g/mol. The molecular weight excluding hydrogens is 196 g/mol. The van der Waals surface area contributed by atoms with E-state index in [1.165, 1.54) is 6.08 Å². The smallest absolute Gasteiger partial charge is 0.207 e. The molecule has 1 aromatic carbocycles. The molecule has 0 spiro atoms. The number of sulfone groups is 1. The van der Waals surface area contributed by atoms with Crippen molar-refractivity contribution in [2.45, 2.75) is 11.8 Å². The number of rotatable bonds is 1. The quantitative estimate of drug-likeness (QED) is 0.707. The minimum Gasteiger partial charge on any atom is -0.218 e. The Morgan fingerprint density at radius 3 is 2.50 bits per heavy atom. The lowest BCUT2D eigenvalue weighted by atomic mass is 10.1. The molecule has 14 heavy (non-hydrogen) atoms. The Morgan fingerprint density at radius 2 is 1.93 bits per heavy atom. The fourth-order valence-electron chi connectivity index (χ4n) is 1.73. The number of hydrogen-bond donors (Lipinski definition) is 0. The van der Waals surface area contributed by atoms with E-state index in [2.05, 4.69) is 6.58 Å². The Balaban J connectivity index is 2.89. The van der Waals surface area contributed by atoms with Crippen LogP contribution in [0, 0.1) is 0 Å². The largest absolute Gasteiger partial charge is 0.218 e. The van der Waals surface area contributed by atoms with Gasteiger partial charge in [-0.1, -0.05) is 30.9 Å². The van der Waals surface area contributed by atoms with Crippen LogP contribution in [0.5, 0.6) is 0 Å². The Kier molecular flexibility index (Phi) is 1.86. The minimum atomic E-state index is -3.28. The minimum absolute atomic E-state index is 0.332. The van der Waals surface area contributed by atoms with Crippen molar-refractivity contribution in [3.63, 3.8) is 0 Å². The van der Waals surface area contributed by atoms with E-state index in [9.17, 15) is 8.42 Å². The summed E-state index contributed by atoms with van der Waals surface area (Å²) in [4.78, 5) is 0.728. The molecule has 0 radical (unpaired) electrons. The van der Waals surface area contributed by atoms with Crippen LogP contribution >= 0.6 is 0 Å². The lowest BCUT2D eigenvalue weighted by Crippen LogP contribution is -1.97. The topological polar surface area (TPSA) is 34.1 Å². The normalized spacial score (nSPS) is 18.1. The van der Waals surface area contributed by atoms with Gasteiger partial charge in [-0.25, -0.2) is 8.42 Å². The molecule has 0 fully saturated rings. The summed E-state index contributed by atoms with van der Waals surface area (Å²) in [6.45, 7) is 5.34. The van der Waals surface area contributed by atoms with Gasteiger partial charge in [-0.15, -0.1) is 0 Å². The predicted molar refractivity (Wildman–Crippen MR) is 56.4 cm³/mol. The first-order valence-corrected chi connectivity index (χ1v) is 5.75. The van der Waals surface area contributed by atoms with Gasteiger partial charge >= 0.3 is 0 Å². The highest BCUT2D eigenvalue weighted by molar-refractivity contribution is 7.96. The van der Waals surface area contributed by atoms with Crippen LogP contribution in [0.1, 0.15) is 12.5 Å². The van der Waals surface area contributed by atoms with Crippen LogP contribution in [0.4, 0.5) is 0 Å². The first kappa shape index (κ1) is 9.21. The summed E-state index contributed by atoms with van der Waals surface area (Å²) < 4.78 is 23.8. The van der Waals surface area contributed by atoms with Gasteiger partial charge in [0.1, 0.15) is 0 Å². The van der Waals surface area contributed by atoms with Crippen LogP contribution in [0.25, 0.3) is 5.57 Å². The third kappa shape index (κ3) is 0.990. The summed E-state index contributed by atoms with van der Waals surface area (Å²) in [5.74, 6) is 0. The summed E-state index contributed by atoms with van der Waals surface area (Å²) in [5.41, 5.74) is 1.58. The van der Waals surface area contributed by atoms with Gasteiger partial charge in [0.25, 0.3) is 0 Å². The van der Waals surface area contributed by atoms with E-state index in [0.29, 0.717) is 9.80 Å². The Morgan fingerprint density at radius 1 is 1.29 bits per heavy atom. The highest BCUT2D eigenvalue weighted by Gasteiger charge is 2.30. The van der Waals surface area contributed by atoms with Gasteiger partial charge in [-0.3, -0.25) is 0 Å². The predicted octanol–water partition coefficient (Wildman–Crippen LogP) is 2.39. The summed E-state index contributed by atoms with van der Waals surface area (Å²) >= 11 is 0. The molecule has 0 saturated heterocycles. The SMILES string of the molecule is C=CC1=C(C)c2ccccc2S1(=O)=O. The second kappa shape index (κ2) is 2.82. The molecule has 3 heteroatoms. The van der Waals surface area contributed by atoms with Gasteiger partial charge in [0.2, 0.25) is 9.84 Å². The highest BCUT2D eigenvalue weighted by atomic mass is 32.2. The summed E-state index contributed by atoms with van der Waals surface area (Å²) in [6, 6.07) is 7.02. The van der Waals surface area contributed by atoms with Crippen LogP contribution in [0.2, 0.25) is 0 Å². The van der Waals surface area contributed by atoms with E-state index < -0.39 is 9.84 Å². The summed E-state index contributed by atoms with van der Waals surface area (Å²) in [5, 5.41) is 0. The average Bonchev–Trinajstić information content (AvgIpc) is 2.36. The molecule has 1 heterocycles. The first-order chi connectivity index (χ1) is 6.59. The molecule has 0 saturated carbocycles. The van der Waals surface area contributed by atoms with E-state index in [-0.39, 0.29) is 0 Å². The fourth-order valence-corrected chi connectivity index (χ4v) is 3.46. The third-order valence-corrected chi connectivity index (χ3v) is 4.41. The van der Waals surface area contributed by atoms with Gasteiger partial charge in [0.05, 0.1) is 9.80 Å². The third-order valence-electron chi connectivity index (χ3n) is 2.43. The molecule has 0 amide bonds. The maximum Gasteiger partial charge on any atom is 0.207 e. The molecule has 2 nitrogen and oxygen atoms in total. The molecule has 0 unspecified atom stereocenters. The van der Waals surface area contributed by atoms with Gasteiger partial charge in [0.15, 0.2) is 0 Å². The second-order valence-corrected chi connectivity index (χ2v) is 5.08. The van der Waals surface area contributed by atoms with Gasteiger partial charge in [0, 0.05) is 0 Å². The van der Waals surface area contributed by atoms with E-state index in [1.54, 1.807) is 19.1 Å². The van der Waals surface area contributed by atoms with Crippen molar-refractivity contribution in [2.24, 2.45) is 0 Å². The van der Waals surface area contributed by atoms with E-state index in [0.717, 1.165) is 11.1 Å². The zero-order valence-corrected chi connectivity index (χ0v) is 8.64. The van der Waals surface area contributed by atoms with Crippen LogP contribution in [0.15, 0.2) is 46.7 Å². The highest BCUT2D eigenvalue weighted by Crippen LogP contribution is 2.38. The number of benzene rings is 1. The number of fused-ring (bicyclic) bond motifs is 1. The van der Waals surface area contributed by atoms with Crippen molar-refractivity contribution >= 4 is 15.4 Å². The molecule has 0 aromatic heterocycles. The van der Waals surface area contributed by atoms with Crippen LogP contribution < -0.4 is 0 Å². The molecule has 0 N–H and O–H groups in total. The Hall–Kier alpha value is -1.35. The molecule has 0 atom stereocenters. The lowest BCUT2D eigenvalue weighted by Gasteiger charge is -1.97. The standard InChI is InChI=1S/C11H10O2S/c1-3-10-8(2)9-6-4-5-7-11(9)14(10,12)13/h3-7H,1H2,2H3. The zero-order valence-electron chi connectivity index (χ0n) is 7.82.